The highest BCUT2D eigenvalue weighted by Crippen LogP contribution is 2.19. The number of hydrogen-bond acceptors (Lipinski definition) is 2. The maximum atomic E-state index is 12.2. The first-order chi connectivity index (χ1) is 10.9. The summed E-state index contributed by atoms with van der Waals surface area (Å²) in [5, 5.41) is 2.83. The van der Waals surface area contributed by atoms with Crippen molar-refractivity contribution in [3.63, 3.8) is 0 Å². The van der Waals surface area contributed by atoms with Crippen molar-refractivity contribution in [3.05, 3.63) is 58.1 Å². The largest absolute Gasteiger partial charge is 0.325 e. The van der Waals surface area contributed by atoms with Crippen LogP contribution in [0.5, 0.6) is 0 Å². The van der Waals surface area contributed by atoms with E-state index in [-0.39, 0.29) is 18.4 Å². The number of amides is 2. The highest BCUT2D eigenvalue weighted by atomic mass is 79.9. The van der Waals surface area contributed by atoms with Gasteiger partial charge < -0.3 is 10.2 Å². The van der Waals surface area contributed by atoms with Gasteiger partial charge in [0.15, 0.2) is 0 Å². The lowest BCUT2D eigenvalue weighted by molar-refractivity contribution is -0.120. The highest BCUT2D eigenvalue weighted by molar-refractivity contribution is 9.10. The molecule has 0 radical (unpaired) electrons. The van der Waals surface area contributed by atoms with Crippen LogP contribution < -0.4 is 10.2 Å². The van der Waals surface area contributed by atoms with Crippen LogP contribution in [0, 0.1) is 13.8 Å². The number of nitrogens with one attached hydrogen (secondary N) is 1. The van der Waals surface area contributed by atoms with E-state index in [1.807, 2.05) is 44.2 Å². The fourth-order valence-corrected chi connectivity index (χ4v) is 2.43. The van der Waals surface area contributed by atoms with Gasteiger partial charge in [0.2, 0.25) is 11.8 Å². The molecule has 0 aliphatic carbocycles. The molecule has 5 heteroatoms. The normalized spacial score (nSPS) is 10.3. The molecule has 0 bridgehead atoms. The van der Waals surface area contributed by atoms with E-state index in [9.17, 15) is 9.59 Å². The van der Waals surface area contributed by atoms with Crippen molar-refractivity contribution in [1.29, 1.82) is 0 Å². The van der Waals surface area contributed by atoms with Crippen LogP contribution >= 0.6 is 15.9 Å². The van der Waals surface area contributed by atoms with Crippen molar-refractivity contribution in [2.45, 2.75) is 20.8 Å². The first kappa shape index (κ1) is 17.2. The molecule has 0 aliphatic heterocycles. The molecular weight excluding hydrogens is 356 g/mol. The molecule has 0 heterocycles. The van der Waals surface area contributed by atoms with Crippen LogP contribution in [0.1, 0.15) is 18.1 Å². The van der Waals surface area contributed by atoms with E-state index in [0.29, 0.717) is 5.69 Å². The minimum atomic E-state index is -0.230. The number of nitrogens with zero attached hydrogens (tertiary/aromatic N) is 1. The molecule has 1 N–H and O–H groups in total. The molecule has 4 nitrogen and oxygen atoms in total. The third-order valence-corrected chi connectivity index (χ3v) is 4.14. The van der Waals surface area contributed by atoms with E-state index in [0.717, 1.165) is 15.7 Å². The Morgan fingerprint density at radius 1 is 1.04 bits per heavy atom. The number of aryl methyl sites for hydroxylation is 2. The molecule has 0 unspecified atom stereocenters. The van der Waals surface area contributed by atoms with Crippen molar-refractivity contribution in [3.8, 4) is 0 Å². The summed E-state index contributed by atoms with van der Waals surface area (Å²) in [6.45, 7) is 5.44. The molecule has 0 spiro atoms. The molecule has 120 valence electrons. The Morgan fingerprint density at radius 2 is 1.70 bits per heavy atom. The molecule has 0 fully saturated rings. The van der Waals surface area contributed by atoms with Gasteiger partial charge in [-0.05, 0) is 61.4 Å². The third kappa shape index (κ3) is 4.66. The number of carbonyl (C=O) groups is 2. The van der Waals surface area contributed by atoms with Gasteiger partial charge in [0.25, 0.3) is 0 Å². The lowest BCUT2D eigenvalue weighted by Gasteiger charge is -2.21. The minimum absolute atomic E-state index is 0.0239. The Morgan fingerprint density at radius 3 is 2.26 bits per heavy atom. The van der Waals surface area contributed by atoms with Gasteiger partial charge in [-0.25, -0.2) is 0 Å². The molecule has 2 aromatic rings. The lowest BCUT2D eigenvalue weighted by atomic mass is 10.1. The van der Waals surface area contributed by atoms with Crippen LogP contribution in [0.2, 0.25) is 0 Å². The standard InChI is InChI=1S/C18H19BrN2O2/c1-12-4-7-16(10-13(12)2)20-18(23)11-21(14(3)22)17-8-5-15(19)6-9-17/h4-10H,11H2,1-3H3,(H,20,23). The van der Waals surface area contributed by atoms with Gasteiger partial charge in [0.05, 0.1) is 0 Å². The van der Waals surface area contributed by atoms with E-state index < -0.39 is 0 Å². The van der Waals surface area contributed by atoms with E-state index in [4.69, 9.17) is 0 Å². The Bertz CT molecular complexity index is 726. The number of anilines is 2. The number of hydrogen-bond donors (Lipinski definition) is 1. The number of benzene rings is 2. The maximum Gasteiger partial charge on any atom is 0.244 e. The van der Waals surface area contributed by atoms with E-state index in [1.165, 1.54) is 17.4 Å². The maximum absolute atomic E-state index is 12.2. The Labute approximate surface area is 144 Å². The Balaban J connectivity index is 2.10. The average molecular weight is 375 g/mol. The Hall–Kier alpha value is -2.14. The molecule has 0 aromatic heterocycles. The van der Waals surface area contributed by atoms with Crippen molar-refractivity contribution in [1.82, 2.24) is 0 Å². The second-order valence-corrected chi connectivity index (χ2v) is 6.34. The second kappa shape index (κ2) is 7.42. The molecule has 2 rings (SSSR count). The summed E-state index contributed by atoms with van der Waals surface area (Å²) in [6, 6.07) is 13.0. The summed E-state index contributed by atoms with van der Waals surface area (Å²) in [7, 11) is 0. The highest BCUT2D eigenvalue weighted by Gasteiger charge is 2.16. The van der Waals surface area contributed by atoms with Gasteiger partial charge in [-0.2, -0.15) is 0 Å². The van der Waals surface area contributed by atoms with Crippen molar-refractivity contribution in [2.24, 2.45) is 0 Å². The van der Waals surface area contributed by atoms with Gasteiger partial charge in [-0.1, -0.05) is 22.0 Å². The first-order valence-electron chi connectivity index (χ1n) is 7.27. The zero-order chi connectivity index (χ0) is 17.0. The fourth-order valence-electron chi connectivity index (χ4n) is 2.17. The summed E-state index contributed by atoms with van der Waals surface area (Å²) in [6.07, 6.45) is 0. The summed E-state index contributed by atoms with van der Waals surface area (Å²) in [4.78, 5) is 25.5. The second-order valence-electron chi connectivity index (χ2n) is 5.43. The predicted octanol–water partition coefficient (Wildman–Crippen LogP) is 4.06. The van der Waals surface area contributed by atoms with Crippen LogP contribution in [-0.2, 0) is 9.59 Å². The zero-order valence-corrected chi connectivity index (χ0v) is 15.0. The van der Waals surface area contributed by atoms with Crippen LogP contribution in [0.15, 0.2) is 46.9 Å². The molecular formula is C18H19BrN2O2. The molecule has 0 saturated heterocycles. The Kier molecular flexibility index (Phi) is 5.55. The summed E-state index contributed by atoms with van der Waals surface area (Å²) < 4.78 is 0.921. The quantitative estimate of drug-likeness (QED) is 0.876. The van der Waals surface area contributed by atoms with Crippen molar-refractivity contribution < 1.29 is 9.59 Å². The molecule has 23 heavy (non-hydrogen) atoms. The number of carbonyl (C=O) groups excluding carboxylic acids is 2. The topological polar surface area (TPSA) is 49.4 Å². The number of rotatable bonds is 4. The predicted molar refractivity (Wildman–Crippen MR) is 96.7 cm³/mol. The smallest absolute Gasteiger partial charge is 0.244 e. The summed E-state index contributed by atoms with van der Waals surface area (Å²) >= 11 is 3.36. The monoisotopic (exact) mass is 374 g/mol. The summed E-state index contributed by atoms with van der Waals surface area (Å²) in [5.41, 5.74) is 3.70. The fraction of sp³-hybridized carbons (Fsp3) is 0.222. The van der Waals surface area contributed by atoms with Crippen LogP contribution in [0.3, 0.4) is 0 Å². The molecule has 0 atom stereocenters. The van der Waals surface area contributed by atoms with Gasteiger partial charge in [-0.15, -0.1) is 0 Å². The van der Waals surface area contributed by atoms with Crippen LogP contribution in [0.25, 0.3) is 0 Å². The van der Waals surface area contributed by atoms with Crippen LogP contribution in [-0.4, -0.2) is 18.4 Å². The van der Waals surface area contributed by atoms with Crippen molar-refractivity contribution >= 4 is 39.1 Å². The van der Waals surface area contributed by atoms with Gasteiger partial charge in [0.1, 0.15) is 6.54 Å². The molecule has 2 amide bonds. The molecule has 0 aliphatic rings. The van der Waals surface area contributed by atoms with Gasteiger partial charge in [0, 0.05) is 22.8 Å². The lowest BCUT2D eigenvalue weighted by Crippen LogP contribution is -2.36. The van der Waals surface area contributed by atoms with Gasteiger partial charge >= 0.3 is 0 Å². The van der Waals surface area contributed by atoms with Crippen molar-refractivity contribution in [2.75, 3.05) is 16.8 Å². The first-order valence-corrected chi connectivity index (χ1v) is 8.07. The zero-order valence-electron chi connectivity index (χ0n) is 13.4. The third-order valence-electron chi connectivity index (χ3n) is 3.61. The van der Waals surface area contributed by atoms with E-state index >= 15 is 0 Å². The van der Waals surface area contributed by atoms with Crippen LogP contribution in [0.4, 0.5) is 11.4 Å². The number of halogens is 1. The van der Waals surface area contributed by atoms with Gasteiger partial charge in [-0.3, -0.25) is 9.59 Å². The van der Waals surface area contributed by atoms with E-state index in [1.54, 1.807) is 12.1 Å². The minimum Gasteiger partial charge on any atom is -0.325 e. The molecule has 2 aromatic carbocycles. The average Bonchev–Trinajstić information content (AvgIpc) is 2.49. The summed E-state index contributed by atoms with van der Waals surface area (Å²) in [5.74, 6) is -0.408. The molecule has 0 saturated carbocycles. The van der Waals surface area contributed by atoms with E-state index in [2.05, 4.69) is 21.2 Å². The SMILES string of the molecule is CC(=O)N(CC(=O)Nc1ccc(C)c(C)c1)c1ccc(Br)cc1.